The van der Waals surface area contributed by atoms with Crippen LogP contribution in [0.2, 0.25) is 0 Å². The third-order valence-electron chi connectivity index (χ3n) is 5.57. The van der Waals surface area contributed by atoms with Crippen LogP contribution in [0.5, 0.6) is 11.5 Å². The second kappa shape index (κ2) is 10.6. The van der Waals surface area contributed by atoms with E-state index in [9.17, 15) is 4.79 Å². The van der Waals surface area contributed by atoms with Gasteiger partial charge in [0, 0.05) is 19.6 Å². The van der Waals surface area contributed by atoms with Crippen molar-refractivity contribution in [2.45, 2.75) is 32.2 Å². The Bertz CT molecular complexity index is 839. The van der Waals surface area contributed by atoms with Gasteiger partial charge in [-0.25, -0.2) is 0 Å². The number of methoxy groups -OCH3 is 1. The number of morpholine rings is 1. The minimum atomic E-state index is -0.157. The van der Waals surface area contributed by atoms with Crippen molar-refractivity contribution in [3.63, 3.8) is 0 Å². The van der Waals surface area contributed by atoms with Gasteiger partial charge in [-0.15, -0.1) is 0 Å². The summed E-state index contributed by atoms with van der Waals surface area (Å²) in [6.07, 6.45) is 0. The number of benzene rings is 2. The predicted octanol–water partition coefficient (Wildman–Crippen LogP) is 3.56. The van der Waals surface area contributed by atoms with Gasteiger partial charge in [0.1, 0.15) is 0 Å². The summed E-state index contributed by atoms with van der Waals surface area (Å²) in [7, 11) is 1.58. The van der Waals surface area contributed by atoms with Crippen LogP contribution in [0.1, 0.15) is 37.9 Å². The number of carbonyl (C=O) groups excluding carboxylic acids is 1. The van der Waals surface area contributed by atoms with E-state index >= 15 is 0 Å². The number of ether oxygens (including phenoxy) is 3. The van der Waals surface area contributed by atoms with Gasteiger partial charge in [0.2, 0.25) is 0 Å². The largest absolute Gasteiger partial charge is 0.493 e. The normalized spacial score (nSPS) is 15.9. The Morgan fingerprint density at radius 3 is 2.32 bits per heavy atom. The predicted molar refractivity (Wildman–Crippen MR) is 122 cm³/mol. The van der Waals surface area contributed by atoms with E-state index in [1.165, 1.54) is 11.1 Å². The molecular formula is C25H34N2O4. The highest BCUT2D eigenvalue weighted by atomic mass is 16.5. The van der Waals surface area contributed by atoms with Crippen molar-refractivity contribution < 1.29 is 19.0 Å². The molecule has 6 nitrogen and oxygen atoms in total. The maximum atomic E-state index is 12.5. The van der Waals surface area contributed by atoms with E-state index in [0.717, 1.165) is 13.1 Å². The van der Waals surface area contributed by atoms with Crippen LogP contribution in [0, 0.1) is 0 Å². The molecule has 0 aliphatic carbocycles. The maximum absolute atomic E-state index is 12.5. The first-order valence-electron chi connectivity index (χ1n) is 10.8. The molecule has 2 aromatic carbocycles. The Balaban J connectivity index is 1.64. The van der Waals surface area contributed by atoms with Gasteiger partial charge in [-0.2, -0.15) is 0 Å². The molecule has 0 unspecified atom stereocenters. The van der Waals surface area contributed by atoms with Crippen molar-refractivity contribution in [2.75, 3.05) is 46.6 Å². The van der Waals surface area contributed by atoms with E-state index in [4.69, 9.17) is 14.2 Å². The molecule has 168 valence electrons. The van der Waals surface area contributed by atoms with Crippen LogP contribution >= 0.6 is 0 Å². The summed E-state index contributed by atoms with van der Waals surface area (Å²) in [4.78, 5) is 14.9. The van der Waals surface area contributed by atoms with Crippen molar-refractivity contribution in [3.8, 4) is 11.5 Å². The Hall–Kier alpha value is -2.57. The summed E-state index contributed by atoms with van der Waals surface area (Å²) < 4.78 is 16.5. The first-order chi connectivity index (χ1) is 14.9. The molecular weight excluding hydrogens is 392 g/mol. The lowest BCUT2D eigenvalue weighted by molar-refractivity contribution is -0.123. The molecule has 1 saturated heterocycles. The van der Waals surface area contributed by atoms with Crippen LogP contribution in [-0.4, -0.2) is 57.4 Å². The van der Waals surface area contributed by atoms with Gasteiger partial charge < -0.3 is 19.5 Å². The Labute approximate surface area is 185 Å². The smallest absolute Gasteiger partial charge is 0.258 e. The van der Waals surface area contributed by atoms with E-state index in [1.54, 1.807) is 13.2 Å². The summed E-state index contributed by atoms with van der Waals surface area (Å²) in [5.74, 6) is 1.01. The van der Waals surface area contributed by atoms with E-state index in [0.29, 0.717) is 31.3 Å². The molecule has 1 heterocycles. The third-order valence-corrected chi connectivity index (χ3v) is 5.57. The zero-order valence-corrected chi connectivity index (χ0v) is 19.0. The zero-order valence-electron chi connectivity index (χ0n) is 19.0. The first-order valence-corrected chi connectivity index (χ1v) is 10.8. The van der Waals surface area contributed by atoms with Gasteiger partial charge in [0.15, 0.2) is 18.1 Å². The van der Waals surface area contributed by atoms with Crippen molar-refractivity contribution in [2.24, 2.45) is 0 Å². The van der Waals surface area contributed by atoms with Crippen molar-refractivity contribution in [1.82, 2.24) is 10.2 Å². The van der Waals surface area contributed by atoms with E-state index < -0.39 is 0 Å². The van der Waals surface area contributed by atoms with E-state index in [1.807, 2.05) is 18.2 Å². The van der Waals surface area contributed by atoms with Gasteiger partial charge in [-0.05, 0) is 28.7 Å². The van der Waals surface area contributed by atoms with Crippen LogP contribution in [0.25, 0.3) is 0 Å². The molecule has 1 aliphatic rings. The fourth-order valence-corrected chi connectivity index (χ4v) is 3.70. The number of amides is 1. The number of nitrogens with one attached hydrogen (secondary N) is 1. The van der Waals surface area contributed by atoms with Gasteiger partial charge in [0.25, 0.3) is 5.91 Å². The van der Waals surface area contributed by atoms with Crippen molar-refractivity contribution >= 4 is 5.91 Å². The molecule has 6 heteroatoms. The molecule has 1 fully saturated rings. The summed E-state index contributed by atoms with van der Waals surface area (Å²) in [6.45, 7) is 10.2. The fourth-order valence-electron chi connectivity index (χ4n) is 3.70. The Morgan fingerprint density at radius 1 is 1.06 bits per heavy atom. The Kier molecular flexibility index (Phi) is 7.93. The fraction of sp³-hybridized carbons (Fsp3) is 0.480. The summed E-state index contributed by atoms with van der Waals surface area (Å²) >= 11 is 0. The van der Waals surface area contributed by atoms with E-state index in [-0.39, 0.29) is 24.0 Å². The lowest BCUT2D eigenvalue weighted by Crippen LogP contribution is -2.44. The molecule has 1 N–H and O–H groups in total. The van der Waals surface area contributed by atoms with Crippen molar-refractivity contribution in [3.05, 3.63) is 59.7 Å². The number of para-hydroxylation sites is 2. The number of rotatable bonds is 8. The topological polar surface area (TPSA) is 60.0 Å². The highest BCUT2D eigenvalue weighted by Crippen LogP contribution is 2.27. The molecule has 0 bridgehead atoms. The average molecular weight is 427 g/mol. The molecule has 31 heavy (non-hydrogen) atoms. The van der Waals surface area contributed by atoms with Gasteiger partial charge in [-0.1, -0.05) is 57.2 Å². The van der Waals surface area contributed by atoms with Crippen LogP contribution in [0.15, 0.2) is 48.5 Å². The Morgan fingerprint density at radius 2 is 1.71 bits per heavy atom. The molecule has 2 aromatic rings. The van der Waals surface area contributed by atoms with Crippen LogP contribution in [0.3, 0.4) is 0 Å². The molecule has 3 rings (SSSR count). The lowest BCUT2D eigenvalue weighted by Gasteiger charge is -2.35. The minimum absolute atomic E-state index is 0.0564. The second-order valence-corrected chi connectivity index (χ2v) is 8.78. The monoisotopic (exact) mass is 426 g/mol. The molecule has 0 saturated carbocycles. The van der Waals surface area contributed by atoms with Gasteiger partial charge in [-0.3, -0.25) is 9.69 Å². The molecule has 0 aromatic heterocycles. The molecule has 0 spiro atoms. The highest BCUT2D eigenvalue weighted by Gasteiger charge is 2.24. The van der Waals surface area contributed by atoms with Crippen LogP contribution in [-0.2, 0) is 14.9 Å². The number of nitrogens with zero attached hydrogens (tertiary/aromatic N) is 1. The van der Waals surface area contributed by atoms with Crippen molar-refractivity contribution in [1.29, 1.82) is 0 Å². The number of carbonyl (C=O) groups is 1. The standard InChI is InChI=1S/C25H34N2O4/c1-25(2,3)20-11-9-19(10-12-20)21(27-13-15-30-16-14-27)17-26-24(28)18-31-23-8-6-5-7-22(23)29-4/h5-12,21H,13-18H2,1-4H3,(H,26,28)/t21-/m1/s1. The van der Waals surface area contributed by atoms with Crippen LogP contribution < -0.4 is 14.8 Å². The van der Waals surface area contributed by atoms with E-state index in [2.05, 4.69) is 55.3 Å². The SMILES string of the molecule is COc1ccccc1OCC(=O)NC[C@H](c1ccc(C(C)(C)C)cc1)N1CCOCC1. The minimum Gasteiger partial charge on any atom is -0.493 e. The lowest BCUT2D eigenvalue weighted by atomic mass is 9.86. The number of hydrogen-bond donors (Lipinski definition) is 1. The quantitative estimate of drug-likeness (QED) is 0.699. The molecule has 1 atom stereocenters. The second-order valence-electron chi connectivity index (χ2n) is 8.78. The van der Waals surface area contributed by atoms with Gasteiger partial charge in [0.05, 0.1) is 26.4 Å². The van der Waals surface area contributed by atoms with Crippen LogP contribution in [0.4, 0.5) is 0 Å². The highest BCUT2D eigenvalue weighted by molar-refractivity contribution is 5.77. The molecule has 1 aliphatic heterocycles. The average Bonchev–Trinajstić information content (AvgIpc) is 2.78. The summed E-state index contributed by atoms with van der Waals surface area (Å²) in [6, 6.07) is 16.1. The summed E-state index contributed by atoms with van der Waals surface area (Å²) in [5, 5.41) is 3.04. The van der Waals surface area contributed by atoms with Gasteiger partial charge >= 0.3 is 0 Å². The summed E-state index contributed by atoms with van der Waals surface area (Å²) in [5.41, 5.74) is 2.60. The first kappa shape index (κ1) is 23.1. The maximum Gasteiger partial charge on any atom is 0.258 e. The molecule has 0 radical (unpaired) electrons. The zero-order chi connectivity index (χ0) is 22.3. The molecule has 1 amide bonds. The number of hydrogen-bond acceptors (Lipinski definition) is 5. The third kappa shape index (κ3) is 6.45.